The van der Waals surface area contributed by atoms with Crippen LogP contribution in [0.4, 0.5) is 0 Å². The van der Waals surface area contributed by atoms with Gasteiger partial charge in [0, 0.05) is 16.8 Å². The lowest BCUT2D eigenvalue weighted by Gasteiger charge is -2.21. The molecule has 37 heavy (non-hydrogen) atoms. The highest BCUT2D eigenvalue weighted by Crippen LogP contribution is 2.31. The van der Waals surface area contributed by atoms with Crippen LogP contribution in [0.3, 0.4) is 0 Å². The lowest BCUT2D eigenvalue weighted by Crippen LogP contribution is -2.40. The van der Waals surface area contributed by atoms with Crippen LogP contribution in [-0.2, 0) is 29.5 Å². The van der Waals surface area contributed by atoms with Gasteiger partial charge in [-0.2, -0.15) is 0 Å². The molecule has 0 unspecified atom stereocenters. The first-order valence-corrected chi connectivity index (χ1v) is 16.6. The summed E-state index contributed by atoms with van der Waals surface area (Å²) in [5.41, 5.74) is 2.04. The molecule has 2 heterocycles. The Labute approximate surface area is 235 Å². The minimum atomic E-state index is -3.26. The summed E-state index contributed by atoms with van der Waals surface area (Å²) in [4.78, 5) is 0. The van der Waals surface area contributed by atoms with E-state index in [9.17, 15) is 16.8 Å². The number of halogens is 1. The van der Waals surface area contributed by atoms with Crippen molar-refractivity contribution in [1.29, 1.82) is 0 Å². The van der Waals surface area contributed by atoms with E-state index in [1.165, 1.54) is 0 Å². The third-order valence-corrected chi connectivity index (χ3v) is 10.8. The van der Waals surface area contributed by atoms with Gasteiger partial charge in [0.25, 0.3) is 0 Å². The molecule has 4 atom stereocenters. The first-order valence-electron chi connectivity index (χ1n) is 12.5. The molecular formula is C26H37IN2O6S2. The Morgan fingerprint density at radius 2 is 1.11 bits per heavy atom. The molecule has 0 aliphatic carbocycles. The molecule has 4 rings (SSSR count). The number of hydrogen-bond donors (Lipinski definition) is 2. The van der Waals surface area contributed by atoms with E-state index in [2.05, 4.69) is 32.0 Å². The molecule has 2 saturated heterocycles. The Morgan fingerprint density at radius 3 is 1.51 bits per heavy atom. The first-order chi connectivity index (χ1) is 17.4. The summed E-state index contributed by atoms with van der Waals surface area (Å²) in [7, 11) is -6.51. The van der Waals surface area contributed by atoms with E-state index in [0.29, 0.717) is 26.1 Å². The molecule has 0 amide bonds. The Bertz CT molecular complexity index is 1210. The highest BCUT2D eigenvalue weighted by atomic mass is 127. The minimum absolute atomic E-state index is 0.167. The van der Waals surface area contributed by atoms with Crippen molar-refractivity contribution in [2.24, 2.45) is 0 Å². The van der Waals surface area contributed by atoms with Gasteiger partial charge in [0.15, 0.2) is 0 Å². The van der Waals surface area contributed by atoms with Gasteiger partial charge < -0.3 is 9.47 Å². The molecule has 0 spiro atoms. The zero-order valence-electron chi connectivity index (χ0n) is 21.6. The summed E-state index contributed by atoms with van der Waals surface area (Å²) in [6, 6.07) is 17.4. The molecule has 11 heteroatoms. The second-order valence-corrected chi connectivity index (χ2v) is 15.5. The Kier molecular flexibility index (Phi) is 11.0. The van der Waals surface area contributed by atoms with Crippen LogP contribution in [0.1, 0.15) is 63.9 Å². The number of ether oxygens (including phenoxy) is 2. The van der Waals surface area contributed by atoms with E-state index in [0.717, 1.165) is 14.7 Å². The smallest absolute Gasteiger partial charge is 0.214 e. The molecule has 2 aliphatic rings. The zero-order chi connectivity index (χ0) is 27.2. The van der Waals surface area contributed by atoms with Crippen LogP contribution >= 0.6 is 22.6 Å². The van der Waals surface area contributed by atoms with Crippen molar-refractivity contribution in [3.8, 4) is 0 Å². The van der Waals surface area contributed by atoms with E-state index in [1.54, 1.807) is 27.7 Å². The van der Waals surface area contributed by atoms with Gasteiger partial charge in [0.1, 0.15) is 0 Å². The quantitative estimate of drug-likeness (QED) is 0.408. The van der Waals surface area contributed by atoms with E-state index in [1.807, 2.05) is 54.6 Å². The summed E-state index contributed by atoms with van der Waals surface area (Å²) in [6.45, 7) is 7.88. The number of rotatable bonds is 8. The average molecular weight is 665 g/mol. The number of benzene rings is 2. The number of hydrogen-bond acceptors (Lipinski definition) is 6. The third kappa shape index (κ3) is 8.45. The second kappa shape index (κ2) is 13.3. The predicted octanol–water partition coefficient (Wildman–Crippen LogP) is 4.29. The van der Waals surface area contributed by atoms with Gasteiger partial charge in [-0.15, -0.1) is 0 Å². The van der Waals surface area contributed by atoms with Crippen molar-refractivity contribution in [3.63, 3.8) is 0 Å². The Balaban J connectivity index is 0.000000206. The lowest BCUT2D eigenvalue weighted by molar-refractivity contribution is 0.102. The summed E-state index contributed by atoms with van der Waals surface area (Å²) in [5.74, 6) is 0. The molecule has 0 saturated carbocycles. The minimum Gasteiger partial charge on any atom is -0.372 e. The van der Waals surface area contributed by atoms with Gasteiger partial charge in [-0.1, -0.05) is 42.5 Å². The SMILES string of the molecule is CC(C)S(=O)(=O)N[C@@H]1CCO[C@@H]1c1ccc(I)cc1.CC(C)S(=O)(=O)N[C@@H]1CCO[C@@H]1c1ccccc1. The third-order valence-electron chi connectivity index (χ3n) is 6.38. The number of sulfonamides is 2. The Morgan fingerprint density at radius 1 is 0.703 bits per heavy atom. The summed E-state index contributed by atoms with van der Waals surface area (Å²) < 4.78 is 65.7. The normalized spacial score (nSPS) is 24.3. The van der Waals surface area contributed by atoms with Gasteiger partial charge in [0.05, 0.1) is 34.8 Å². The van der Waals surface area contributed by atoms with Crippen LogP contribution in [0.5, 0.6) is 0 Å². The van der Waals surface area contributed by atoms with Gasteiger partial charge in [-0.05, 0) is 86.4 Å². The van der Waals surface area contributed by atoms with Crippen LogP contribution < -0.4 is 9.44 Å². The first kappa shape index (κ1) is 30.5. The van der Waals surface area contributed by atoms with Gasteiger partial charge in [-0.25, -0.2) is 26.3 Å². The zero-order valence-corrected chi connectivity index (χ0v) is 25.4. The summed E-state index contributed by atoms with van der Waals surface area (Å²) in [6.07, 6.45) is 1.05. The maximum atomic E-state index is 11.9. The maximum absolute atomic E-state index is 11.9. The largest absolute Gasteiger partial charge is 0.372 e. The van der Waals surface area contributed by atoms with E-state index >= 15 is 0 Å². The molecule has 2 aromatic rings. The van der Waals surface area contributed by atoms with E-state index < -0.39 is 30.5 Å². The fourth-order valence-corrected chi connectivity index (χ4v) is 6.30. The molecule has 2 aliphatic heterocycles. The fraction of sp³-hybridized carbons (Fsp3) is 0.538. The molecular weight excluding hydrogens is 627 g/mol. The van der Waals surface area contributed by atoms with E-state index in [4.69, 9.17) is 9.47 Å². The second-order valence-electron chi connectivity index (χ2n) is 9.76. The molecule has 2 aromatic carbocycles. The van der Waals surface area contributed by atoms with Gasteiger partial charge in [0.2, 0.25) is 20.0 Å². The molecule has 0 aromatic heterocycles. The van der Waals surface area contributed by atoms with Crippen LogP contribution in [-0.4, -0.2) is 52.6 Å². The maximum Gasteiger partial charge on any atom is 0.214 e. The fourth-order valence-electron chi connectivity index (χ4n) is 4.07. The van der Waals surface area contributed by atoms with Crippen molar-refractivity contribution in [1.82, 2.24) is 9.44 Å². The highest BCUT2D eigenvalue weighted by Gasteiger charge is 2.34. The van der Waals surface area contributed by atoms with Crippen molar-refractivity contribution in [2.75, 3.05) is 13.2 Å². The standard InChI is InChI=1S/C13H18INO3S.C13H19NO3S/c1-9(2)19(16,17)15-12-7-8-18-13(12)10-3-5-11(14)6-4-10;1-10(2)18(15,16)14-12-8-9-17-13(12)11-6-4-3-5-7-11/h3-6,9,12-13,15H,7-8H2,1-2H3;3-7,10,12-14H,8-9H2,1-2H3/t2*12-,13-/m11/s1. The van der Waals surface area contributed by atoms with Crippen molar-refractivity contribution < 1.29 is 26.3 Å². The monoisotopic (exact) mass is 664 g/mol. The molecule has 0 radical (unpaired) electrons. The van der Waals surface area contributed by atoms with Crippen LogP contribution in [0.2, 0.25) is 0 Å². The molecule has 8 nitrogen and oxygen atoms in total. The predicted molar refractivity (Wildman–Crippen MR) is 154 cm³/mol. The number of nitrogens with one attached hydrogen (secondary N) is 2. The van der Waals surface area contributed by atoms with Crippen LogP contribution in [0, 0.1) is 3.57 Å². The van der Waals surface area contributed by atoms with Crippen LogP contribution in [0.15, 0.2) is 54.6 Å². The van der Waals surface area contributed by atoms with Crippen molar-refractivity contribution >= 4 is 42.6 Å². The van der Waals surface area contributed by atoms with E-state index in [-0.39, 0.29) is 24.3 Å². The molecule has 0 bridgehead atoms. The summed E-state index contributed by atoms with van der Waals surface area (Å²) >= 11 is 2.24. The Hall–Kier alpha value is -1.09. The molecule has 2 N–H and O–H groups in total. The van der Waals surface area contributed by atoms with Crippen LogP contribution in [0.25, 0.3) is 0 Å². The highest BCUT2D eigenvalue weighted by molar-refractivity contribution is 14.1. The topological polar surface area (TPSA) is 111 Å². The van der Waals surface area contributed by atoms with Crippen molar-refractivity contribution in [2.45, 2.75) is 75.3 Å². The summed E-state index contributed by atoms with van der Waals surface area (Å²) in [5, 5.41) is -0.847. The van der Waals surface area contributed by atoms with Gasteiger partial charge in [-0.3, -0.25) is 0 Å². The average Bonchev–Trinajstić information content (AvgIpc) is 3.49. The lowest BCUT2D eigenvalue weighted by atomic mass is 10.0. The van der Waals surface area contributed by atoms with Gasteiger partial charge >= 0.3 is 0 Å². The molecule has 2 fully saturated rings. The van der Waals surface area contributed by atoms with Crippen molar-refractivity contribution in [3.05, 3.63) is 69.3 Å². The molecule has 206 valence electrons.